The van der Waals surface area contributed by atoms with Crippen LogP contribution in [-0.4, -0.2) is 36.9 Å². The molecule has 0 radical (unpaired) electrons. The van der Waals surface area contributed by atoms with Gasteiger partial charge >= 0.3 is 0 Å². The monoisotopic (exact) mass is 385 g/mol. The molecule has 2 bridgehead atoms. The zero-order valence-corrected chi connectivity index (χ0v) is 16.9. The molecule has 2 aliphatic carbocycles. The molecule has 4 rings (SSSR count). The van der Waals surface area contributed by atoms with Gasteiger partial charge in [0.2, 0.25) is 5.91 Å². The van der Waals surface area contributed by atoms with Crippen molar-refractivity contribution in [1.29, 1.82) is 0 Å². The Hall–Kier alpha value is -1.89. The molecule has 0 spiro atoms. The maximum atomic E-state index is 12.7. The van der Waals surface area contributed by atoms with Crippen molar-refractivity contribution < 1.29 is 4.79 Å². The molecule has 0 aliphatic heterocycles. The summed E-state index contributed by atoms with van der Waals surface area (Å²) in [6, 6.07) is 4.09. The lowest BCUT2D eigenvalue weighted by Crippen LogP contribution is -2.43. The summed E-state index contributed by atoms with van der Waals surface area (Å²) < 4.78 is 1.92. The van der Waals surface area contributed by atoms with Crippen LogP contribution in [0.3, 0.4) is 0 Å². The zero-order chi connectivity index (χ0) is 19.0. The molecule has 2 heterocycles. The van der Waals surface area contributed by atoms with E-state index in [0.717, 1.165) is 28.4 Å². The first-order valence-electron chi connectivity index (χ1n) is 9.79. The number of rotatable bonds is 6. The van der Waals surface area contributed by atoms with Gasteiger partial charge in [-0.2, -0.15) is 0 Å². The Kier molecular flexibility index (Phi) is 5.21. The van der Waals surface area contributed by atoms with Crippen LogP contribution in [0, 0.1) is 17.8 Å². The summed E-state index contributed by atoms with van der Waals surface area (Å²) in [6.45, 7) is 4.11. The van der Waals surface area contributed by atoms with Gasteiger partial charge in [0.1, 0.15) is 0 Å². The lowest BCUT2D eigenvalue weighted by molar-refractivity contribution is -0.121. The minimum Gasteiger partial charge on any atom is -0.352 e. The average Bonchev–Trinajstić information content (AvgIpc) is 3.39. The highest BCUT2D eigenvalue weighted by molar-refractivity contribution is 8.00. The number of pyridine rings is 1. The van der Waals surface area contributed by atoms with Gasteiger partial charge in [-0.25, -0.2) is 0 Å². The Morgan fingerprint density at radius 1 is 1.30 bits per heavy atom. The largest absolute Gasteiger partial charge is 0.352 e. The number of hydrogen-bond donors (Lipinski definition) is 1. The fraction of sp³-hybridized carbons (Fsp3) is 0.600. The highest BCUT2D eigenvalue weighted by atomic mass is 32.2. The average molecular weight is 386 g/mol. The summed E-state index contributed by atoms with van der Waals surface area (Å²) in [5.41, 5.74) is 0.918. The van der Waals surface area contributed by atoms with E-state index in [1.165, 1.54) is 37.4 Å². The molecule has 0 saturated heterocycles. The van der Waals surface area contributed by atoms with E-state index in [9.17, 15) is 4.79 Å². The van der Waals surface area contributed by atoms with E-state index in [1.54, 1.807) is 12.4 Å². The number of carbonyl (C=O) groups excluding carboxylic acids is 1. The van der Waals surface area contributed by atoms with E-state index in [1.807, 2.05) is 30.7 Å². The van der Waals surface area contributed by atoms with Crippen molar-refractivity contribution in [2.75, 3.05) is 0 Å². The number of amides is 1. The highest BCUT2D eigenvalue weighted by Gasteiger charge is 2.42. The molecule has 5 unspecified atom stereocenters. The first kappa shape index (κ1) is 18.5. The SMILES string of the molecule is CC(Sc1nnc(-c2cccnc2)n1C)C(=O)NC(C)C1CC2CCC1C2. The Bertz CT molecular complexity index is 808. The topological polar surface area (TPSA) is 72.7 Å². The van der Waals surface area contributed by atoms with Crippen LogP contribution in [-0.2, 0) is 11.8 Å². The molecular formula is C20H27N5OS. The standard InChI is InChI=1S/C20H27N5OS/c1-12(17-10-14-6-7-15(17)9-14)22-19(26)13(2)27-20-24-23-18(25(20)3)16-5-4-8-21-11-16/h4-5,8,11-15,17H,6-7,9-10H2,1-3H3,(H,22,26). The summed E-state index contributed by atoms with van der Waals surface area (Å²) in [5.74, 6) is 3.20. The molecule has 1 amide bonds. The number of thioether (sulfide) groups is 1. The maximum absolute atomic E-state index is 12.7. The second kappa shape index (κ2) is 7.62. The van der Waals surface area contributed by atoms with Crippen LogP contribution in [0.4, 0.5) is 0 Å². The van der Waals surface area contributed by atoms with Crippen molar-refractivity contribution in [3.05, 3.63) is 24.5 Å². The number of nitrogens with one attached hydrogen (secondary N) is 1. The molecule has 5 atom stereocenters. The molecule has 27 heavy (non-hydrogen) atoms. The summed E-state index contributed by atoms with van der Waals surface area (Å²) >= 11 is 1.45. The third-order valence-corrected chi connectivity index (χ3v) is 7.34. The van der Waals surface area contributed by atoms with Gasteiger partial charge in [0.25, 0.3) is 0 Å². The van der Waals surface area contributed by atoms with Gasteiger partial charge in [-0.1, -0.05) is 18.2 Å². The van der Waals surface area contributed by atoms with Gasteiger partial charge in [-0.05, 0) is 63.0 Å². The predicted molar refractivity (Wildman–Crippen MR) is 106 cm³/mol. The van der Waals surface area contributed by atoms with E-state index < -0.39 is 0 Å². The molecule has 1 N–H and O–H groups in total. The first-order chi connectivity index (χ1) is 13.0. The summed E-state index contributed by atoms with van der Waals surface area (Å²) in [6.07, 6.45) is 8.89. The Labute approximate surface area is 164 Å². The second-order valence-corrected chi connectivity index (χ2v) is 9.31. The van der Waals surface area contributed by atoms with E-state index in [0.29, 0.717) is 5.92 Å². The minimum atomic E-state index is -0.212. The Balaban J connectivity index is 1.37. The summed E-state index contributed by atoms with van der Waals surface area (Å²) in [4.78, 5) is 16.8. The van der Waals surface area contributed by atoms with Crippen LogP contribution in [0.2, 0.25) is 0 Å². The molecule has 2 aromatic heterocycles. The van der Waals surface area contributed by atoms with Gasteiger partial charge in [-0.3, -0.25) is 9.78 Å². The van der Waals surface area contributed by atoms with Crippen LogP contribution in [0.5, 0.6) is 0 Å². The number of aromatic nitrogens is 4. The maximum Gasteiger partial charge on any atom is 0.233 e. The molecule has 2 saturated carbocycles. The first-order valence-corrected chi connectivity index (χ1v) is 10.7. The predicted octanol–water partition coefficient (Wildman–Crippen LogP) is 3.30. The van der Waals surface area contributed by atoms with E-state index in [-0.39, 0.29) is 17.2 Å². The van der Waals surface area contributed by atoms with Gasteiger partial charge in [-0.15, -0.1) is 10.2 Å². The molecule has 144 valence electrons. The van der Waals surface area contributed by atoms with Crippen molar-refractivity contribution in [2.45, 2.75) is 56.0 Å². The van der Waals surface area contributed by atoms with Gasteiger partial charge in [0, 0.05) is 31.0 Å². The summed E-state index contributed by atoms with van der Waals surface area (Å²) in [7, 11) is 1.92. The molecule has 7 heteroatoms. The van der Waals surface area contributed by atoms with E-state index in [2.05, 4.69) is 27.4 Å². The number of hydrogen-bond acceptors (Lipinski definition) is 5. The zero-order valence-electron chi connectivity index (χ0n) is 16.1. The molecule has 6 nitrogen and oxygen atoms in total. The van der Waals surface area contributed by atoms with Gasteiger partial charge < -0.3 is 9.88 Å². The fourth-order valence-electron chi connectivity index (χ4n) is 4.73. The summed E-state index contributed by atoms with van der Waals surface area (Å²) in [5, 5.41) is 12.3. The van der Waals surface area contributed by atoms with E-state index >= 15 is 0 Å². The van der Waals surface area contributed by atoms with Crippen molar-refractivity contribution in [1.82, 2.24) is 25.1 Å². The Morgan fingerprint density at radius 2 is 2.15 bits per heavy atom. The minimum absolute atomic E-state index is 0.0844. The second-order valence-electron chi connectivity index (χ2n) is 8.00. The molecule has 2 aliphatic rings. The van der Waals surface area contributed by atoms with Crippen molar-refractivity contribution in [2.24, 2.45) is 24.8 Å². The lowest BCUT2D eigenvalue weighted by Gasteiger charge is -2.29. The third kappa shape index (κ3) is 3.74. The number of fused-ring (bicyclic) bond motifs is 2. The van der Waals surface area contributed by atoms with Crippen LogP contribution < -0.4 is 5.32 Å². The van der Waals surface area contributed by atoms with Crippen LogP contribution in [0.15, 0.2) is 29.7 Å². The third-order valence-electron chi connectivity index (χ3n) is 6.21. The Morgan fingerprint density at radius 3 is 2.81 bits per heavy atom. The van der Waals surface area contributed by atoms with Crippen molar-refractivity contribution in [3.63, 3.8) is 0 Å². The molecule has 0 aromatic carbocycles. The van der Waals surface area contributed by atoms with Crippen molar-refractivity contribution >= 4 is 17.7 Å². The van der Waals surface area contributed by atoms with Gasteiger partial charge in [0.15, 0.2) is 11.0 Å². The number of carbonyl (C=O) groups is 1. The van der Waals surface area contributed by atoms with Crippen LogP contribution >= 0.6 is 11.8 Å². The van der Waals surface area contributed by atoms with E-state index in [4.69, 9.17) is 0 Å². The quantitative estimate of drug-likeness (QED) is 0.773. The van der Waals surface area contributed by atoms with Crippen LogP contribution in [0.1, 0.15) is 39.5 Å². The fourth-order valence-corrected chi connectivity index (χ4v) is 5.55. The molecule has 2 aromatic rings. The number of nitrogens with zero attached hydrogens (tertiary/aromatic N) is 4. The van der Waals surface area contributed by atoms with Crippen molar-refractivity contribution in [3.8, 4) is 11.4 Å². The lowest BCUT2D eigenvalue weighted by atomic mass is 9.84. The van der Waals surface area contributed by atoms with Gasteiger partial charge in [0.05, 0.1) is 5.25 Å². The molecular weight excluding hydrogens is 358 g/mol. The molecule has 2 fully saturated rings. The van der Waals surface area contributed by atoms with Crippen LogP contribution in [0.25, 0.3) is 11.4 Å². The smallest absolute Gasteiger partial charge is 0.233 e. The normalized spacial score (nSPS) is 26.1. The highest BCUT2D eigenvalue weighted by Crippen LogP contribution is 2.49.